The molecule has 0 fully saturated rings. The number of fused-ring (bicyclic) bond motifs is 1. The van der Waals surface area contributed by atoms with E-state index in [9.17, 15) is 0 Å². The first-order valence-electron chi connectivity index (χ1n) is 4.75. The van der Waals surface area contributed by atoms with Gasteiger partial charge in [-0.05, 0) is 13.3 Å². The van der Waals surface area contributed by atoms with Gasteiger partial charge in [-0.3, -0.25) is 4.40 Å². The summed E-state index contributed by atoms with van der Waals surface area (Å²) in [5.74, 6) is 0. The topological polar surface area (TPSA) is 30.2 Å². The van der Waals surface area contributed by atoms with Crippen molar-refractivity contribution in [2.24, 2.45) is 0 Å². The standard InChI is InChI=1S/C10H11Cl2N3/c1-3-8-6(2)14-9-4-7(10(11)12)13-5-15(8)9/h4-5,10H,3H2,1-2H3. The molecule has 0 spiro atoms. The molecule has 0 N–H and O–H groups in total. The van der Waals surface area contributed by atoms with E-state index >= 15 is 0 Å². The molecule has 2 aromatic rings. The molecule has 0 saturated heterocycles. The second-order valence-electron chi connectivity index (χ2n) is 3.34. The Morgan fingerprint density at radius 2 is 2.20 bits per heavy atom. The molecule has 0 saturated carbocycles. The number of imidazole rings is 1. The summed E-state index contributed by atoms with van der Waals surface area (Å²) in [6, 6.07) is 1.82. The second-order valence-corrected chi connectivity index (χ2v) is 4.44. The molecular formula is C10H11Cl2N3. The van der Waals surface area contributed by atoms with Gasteiger partial charge in [0.05, 0.1) is 11.4 Å². The van der Waals surface area contributed by atoms with Crippen LogP contribution in [0.25, 0.3) is 5.65 Å². The molecule has 3 nitrogen and oxygen atoms in total. The predicted octanol–water partition coefficient (Wildman–Crippen LogP) is 3.08. The Morgan fingerprint density at radius 3 is 2.80 bits per heavy atom. The number of alkyl halides is 2. The lowest BCUT2D eigenvalue weighted by atomic mass is 10.3. The first kappa shape index (κ1) is 10.7. The third-order valence-electron chi connectivity index (χ3n) is 2.40. The molecule has 0 bridgehead atoms. The third kappa shape index (κ3) is 1.82. The largest absolute Gasteiger partial charge is 0.287 e. The van der Waals surface area contributed by atoms with E-state index in [0.717, 1.165) is 17.8 Å². The van der Waals surface area contributed by atoms with Crippen molar-refractivity contribution in [3.8, 4) is 0 Å². The van der Waals surface area contributed by atoms with Gasteiger partial charge < -0.3 is 0 Å². The maximum atomic E-state index is 5.75. The number of aryl methyl sites for hydroxylation is 2. The van der Waals surface area contributed by atoms with E-state index in [1.165, 1.54) is 5.69 Å². The molecule has 0 atom stereocenters. The number of nitrogens with zero attached hydrogens (tertiary/aromatic N) is 3. The summed E-state index contributed by atoms with van der Waals surface area (Å²) in [5, 5.41) is 0. The average Bonchev–Trinajstić information content (AvgIpc) is 2.51. The molecule has 0 radical (unpaired) electrons. The maximum Gasteiger partial charge on any atom is 0.149 e. The first-order chi connectivity index (χ1) is 7.13. The van der Waals surface area contributed by atoms with E-state index in [2.05, 4.69) is 16.9 Å². The molecule has 0 aromatic carbocycles. The van der Waals surface area contributed by atoms with E-state index in [1.54, 1.807) is 6.33 Å². The molecule has 0 aliphatic rings. The Labute approximate surface area is 98.1 Å². The predicted molar refractivity (Wildman–Crippen MR) is 61.5 cm³/mol. The molecule has 80 valence electrons. The van der Waals surface area contributed by atoms with E-state index in [1.807, 2.05) is 17.4 Å². The fourth-order valence-corrected chi connectivity index (χ4v) is 1.91. The van der Waals surface area contributed by atoms with Crippen LogP contribution < -0.4 is 0 Å². The van der Waals surface area contributed by atoms with Crippen molar-refractivity contribution in [1.29, 1.82) is 0 Å². The van der Waals surface area contributed by atoms with Crippen molar-refractivity contribution < 1.29 is 0 Å². The van der Waals surface area contributed by atoms with Gasteiger partial charge in [0.25, 0.3) is 0 Å². The van der Waals surface area contributed by atoms with E-state index in [-0.39, 0.29) is 0 Å². The van der Waals surface area contributed by atoms with Crippen molar-refractivity contribution in [2.75, 3.05) is 0 Å². The van der Waals surface area contributed by atoms with Gasteiger partial charge in [0.15, 0.2) is 0 Å². The Kier molecular flexibility index (Phi) is 2.85. The van der Waals surface area contributed by atoms with Crippen molar-refractivity contribution in [2.45, 2.75) is 25.1 Å². The normalized spacial score (nSPS) is 11.5. The Bertz CT molecular complexity index is 491. The van der Waals surface area contributed by atoms with E-state index in [0.29, 0.717) is 5.69 Å². The average molecular weight is 244 g/mol. The van der Waals surface area contributed by atoms with Crippen molar-refractivity contribution >= 4 is 28.8 Å². The van der Waals surface area contributed by atoms with Gasteiger partial charge in [0.1, 0.15) is 16.8 Å². The summed E-state index contributed by atoms with van der Waals surface area (Å²) in [5.41, 5.74) is 3.68. The summed E-state index contributed by atoms with van der Waals surface area (Å²) in [4.78, 5) is 8.02. The lowest BCUT2D eigenvalue weighted by Gasteiger charge is -2.02. The number of halogens is 2. The Balaban J connectivity index is 2.64. The van der Waals surface area contributed by atoms with Crippen molar-refractivity contribution in [3.63, 3.8) is 0 Å². The zero-order chi connectivity index (χ0) is 11.0. The molecular weight excluding hydrogens is 233 g/mol. The van der Waals surface area contributed by atoms with Crippen LogP contribution in [-0.4, -0.2) is 14.4 Å². The summed E-state index contributed by atoms with van der Waals surface area (Å²) in [6.45, 7) is 4.08. The van der Waals surface area contributed by atoms with Crippen LogP contribution in [0.1, 0.15) is 28.8 Å². The highest BCUT2D eigenvalue weighted by atomic mass is 35.5. The number of rotatable bonds is 2. The van der Waals surface area contributed by atoms with Crippen LogP contribution in [0.15, 0.2) is 12.4 Å². The smallest absolute Gasteiger partial charge is 0.149 e. The van der Waals surface area contributed by atoms with Crippen LogP contribution >= 0.6 is 23.2 Å². The van der Waals surface area contributed by atoms with Crippen LogP contribution in [0.3, 0.4) is 0 Å². The highest BCUT2D eigenvalue weighted by molar-refractivity contribution is 6.43. The summed E-state index contributed by atoms with van der Waals surface area (Å²) in [6.07, 6.45) is 2.65. The molecule has 0 aliphatic carbocycles. The zero-order valence-corrected chi connectivity index (χ0v) is 10.0. The fourth-order valence-electron chi connectivity index (χ4n) is 1.67. The third-order valence-corrected chi connectivity index (χ3v) is 2.84. The van der Waals surface area contributed by atoms with Crippen LogP contribution in [-0.2, 0) is 6.42 Å². The van der Waals surface area contributed by atoms with Crippen LogP contribution in [0.5, 0.6) is 0 Å². The number of hydrogen-bond donors (Lipinski definition) is 0. The van der Waals surface area contributed by atoms with Gasteiger partial charge in [-0.15, -0.1) is 0 Å². The molecule has 2 heterocycles. The minimum atomic E-state index is -0.600. The Hall–Kier alpha value is -0.800. The molecule has 2 rings (SSSR count). The van der Waals surface area contributed by atoms with E-state index < -0.39 is 4.84 Å². The van der Waals surface area contributed by atoms with Gasteiger partial charge in [0.2, 0.25) is 0 Å². The molecule has 0 aliphatic heterocycles. The van der Waals surface area contributed by atoms with Gasteiger partial charge in [-0.2, -0.15) is 0 Å². The SMILES string of the molecule is CCc1c(C)nc2cc(C(Cl)Cl)ncn12. The molecule has 15 heavy (non-hydrogen) atoms. The van der Waals surface area contributed by atoms with E-state index in [4.69, 9.17) is 23.2 Å². The van der Waals surface area contributed by atoms with Crippen LogP contribution in [0.4, 0.5) is 0 Å². The molecule has 5 heteroatoms. The minimum absolute atomic E-state index is 0.600. The van der Waals surface area contributed by atoms with Crippen molar-refractivity contribution in [1.82, 2.24) is 14.4 Å². The molecule has 0 amide bonds. The quantitative estimate of drug-likeness (QED) is 0.760. The highest BCUT2D eigenvalue weighted by Gasteiger charge is 2.10. The van der Waals surface area contributed by atoms with Gasteiger partial charge in [-0.1, -0.05) is 30.1 Å². The van der Waals surface area contributed by atoms with Crippen LogP contribution in [0.2, 0.25) is 0 Å². The maximum absolute atomic E-state index is 5.75. The minimum Gasteiger partial charge on any atom is -0.287 e. The summed E-state index contributed by atoms with van der Waals surface area (Å²) >= 11 is 11.5. The summed E-state index contributed by atoms with van der Waals surface area (Å²) < 4.78 is 1.97. The fraction of sp³-hybridized carbons (Fsp3) is 0.400. The van der Waals surface area contributed by atoms with Crippen LogP contribution in [0, 0.1) is 6.92 Å². The first-order valence-corrected chi connectivity index (χ1v) is 5.62. The zero-order valence-electron chi connectivity index (χ0n) is 8.54. The van der Waals surface area contributed by atoms with Gasteiger partial charge in [0, 0.05) is 11.8 Å². The van der Waals surface area contributed by atoms with Gasteiger partial charge >= 0.3 is 0 Å². The molecule has 0 unspecified atom stereocenters. The van der Waals surface area contributed by atoms with Crippen molar-refractivity contribution in [3.05, 3.63) is 29.5 Å². The second kappa shape index (κ2) is 3.99. The Morgan fingerprint density at radius 1 is 1.47 bits per heavy atom. The van der Waals surface area contributed by atoms with Gasteiger partial charge in [-0.25, -0.2) is 9.97 Å². The summed E-state index contributed by atoms with van der Waals surface area (Å²) in [7, 11) is 0. The monoisotopic (exact) mass is 243 g/mol. The number of aromatic nitrogens is 3. The molecule has 2 aromatic heterocycles. The lowest BCUT2D eigenvalue weighted by Crippen LogP contribution is -1.96. The lowest BCUT2D eigenvalue weighted by molar-refractivity contribution is 0.936. The highest BCUT2D eigenvalue weighted by Crippen LogP contribution is 2.23. The number of hydrogen-bond acceptors (Lipinski definition) is 2.